The summed E-state index contributed by atoms with van der Waals surface area (Å²) < 4.78 is 0. The quantitative estimate of drug-likeness (QED) is 0.866. The molecule has 2 aromatic carbocycles. The van der Waals surface area contributed by atoms with E-state index >= 15 is 0 Å². The van der Waals surface area contributed by atoms with Crippen LogP contribution < -0.4 is 5.32 Å². The zero-order chi connectivity index (χ0) is 18.0. The Morgan fingerprint density at radius 3 is 1.67 bits per heavy atom. The maximum atomic E-state index is 10.8. The Kier molecular flexibility index (Phi) is 5.39. The smallest absolute Gasteiger partial charge is 0.123 e. The van der Waals surface area contributed by atoms with Crippen LogP contribution in [0.4, 0.5) is 0 Å². The molecule has 2 aromatic rings. The first kappa shape index (κ1) is 18.5. The van der Waals surface area contributed by atoms with Gasteiger partial charge in [-0.2, -0.15) is 0 Å². The van der Waals surface area contributed by atoms with E-state index in [1.807, 2.05) is 0 Å². The third-order valence-corrected chi connectivity index (χ3v) is 4.39. The number of hydrogen-bond donors (Lipinski definition) is 2. The third kappa shape index (κ3) is 4.61. The zero-order valence-corrected chi connectivity index (χ0v) is 16.0. The first-order valence-corrected chi connectivity index (χ1v) is 8.81. The summed E-state index contributed by atoms with van der Waals surface area (Å²) in [6, 6.07) is 14.9. The van der Waals surface area contributed by atoms with Crippen LogP contribution in [-0.2, 0) is 23.9 Å². The van der Waals surface area contributed by atoms with Crippen LogP contribution in [0.5, 0.6) is 5.75 Å². The van der Waals surface area contributed by atoms with Crippen molar-refractivity contribution in [2.45, 2.75) is 65.5 Å². The SMILES string of the molecule is CC(C)(C)c1cc(C[NH2+]Cc2ccccc2)cc(C(C)(C)C)c1O. The molecule has 0 aliphatic rings. The number of benzene rings is 2. The van der Waals surface area contributed by atoms with Crippen molar-refractivity contribution in [3.63, 3.8) is 0 Å². The molecule has 0 radical (unpaired) electrons. The van der Waals surface area contributed by atoms with Crippen molar-refractivity contribution >= 4 is 0 Å². The third-order valence-electron chi connectivity index (χ3n) is 4.39. The number of phenolic OH excluding ortho intramolecular Hbond substituents is 1. The fourth-order valence-corrected chi connectivity index (χ4v) is 2.98. The van der Waals surface area contributed by atoms with Crippen molar-refractivity contribution in [2.75, 3.05) is 0 Å². The van der Waals surface area contributed by atoms with Gasteiger partial charge < -0.3 is 10.4 Å². The second kappa shape index (κ2) is 6.98. The molecule has 2 nitrogen and oxygen atoms in total. The molecule has 0 heterocycles. The summed E-state index contributed by atoms with van der Waals surface area (Å²) in [5.74, 6) is 0.460. The molecule has 0 saturated carbocycles. The fourth-order valence-electron chi connectivity index (χ4n) is 2.98. The second-order valence-electron chi connectivity index (χ2n) is 8.72. The molecular weight excluding hydrogens is 294 g/mol. The van der Waals surface area contributed by atoms with Crippen LogP contribution >= 0.6 is 0 Å². The van der Waals surface area contributed by atoms with Crippen molar-refractivity contribution in [3.05, 3.63) is 64.7 Å². The molecule has 0 unspecified atom stereocenters. The van der Waals surface area contributed by atoms with E-state index in [0.717, 1.165) is 24.2 Å². The summed E-state index contributed by atoms with van der Waals surface area (Å²) in [7, 11) is 0. The van der Waals surface area contributed by atoms with E-state index in [1.165, 1.54) is 11.1 Å². The van der Waals surface area contributed by atoms with E-state index in [9.17, 15) is 5.11 Å². The first-order valence-electron chi connectivity index (χ1n) is 8.81. The highest BCUT2D eigenvalue weighted by molar-refractivity contribution is 5.49. The van der Waals surface area contributed by atoms with Gasteiger partial charge in [0.15, 0.2) is 0 Å². The van der Waals surface area contributed by atoms with E-state index in [4.69, 9.17) is 0 Å². The number of hydrogen-bond acceptors (Lipinski definition) is 1. The number of aromatic hydroxyl groups is 1. The van der Waals surface area contributed by atoms with E-state index in [0.29, 0.717) is 5.75 Å². The molecule has 3 N–H and O–H groups in total. The molecule has 0 atom stereocenters. The lowest BCUT2D eigenvalue weighted by molar-refractivity contribution is -0.686. The zero-order valence-electron chi connectivity index (χ0n) is 16.0. The van der Waals surface area contributed by atoms with E-state index in [2.05, 4.69) is 89.3 Å². The van der Waals surface area contributed by atoms with Gasteiger partial charge >= 0.3 is 0 Å². The van der Waals surface area contributed by atoms with Crippen molar-refractivity contribution in [1.82, 2.24) is 0 Å². The summed E-state index contributed by atoms with van der Waals surface area (Å²) in [5.41, 5.74) is 4.55. The molecule has 0 amide bonds. The Hall–Kier alpha value is -1.80. The monoisotopic (exact) mass is 326 g/mol. The first-order chi connectivity index (χ1) is 11.1. The Labute approximate surface area is 146 Å². The Morgan fingerprint density at radius 2 is 1.21 bits per heavy atom. The number of rotatable bonds is 4. The lowest BCUT2D eigenvalue weighted by Gasteiger charge is -2.28. The Balaban J connectivity index is 2.26. The van der Waals surface area contributed by atoms with Crippen LogP contribution in [0.1, 0.15) is 63.8 Å². The maximum Gasteiger partial charge on any atom is 0.123 e. The molecular formula is C22H32NO+. The van der Waals surface area contributed by atoms with Crippen LogP contribution in [0.25, 0.3) is 0 Å². The van der Waals surface area contributed by atoms with Crippen molar-refractivity contribution in [1.29, 1.82) is 0 Å². The largest absolute Gasteiger partial charge is 0.507 e. The van der Waals surface area contributed by atoms with E-state index in [-0.39, 0.29) is 10.8 Å². The summed E-state index contributed by atoms with van der Waals surface area (Å²) in [6.45, 7) is 14.8. The van der Waals surface area contributed by atoms with E-state index < -0.39 is 0 Å². The summed E-state index contributed by atoms with van der Waals surface area (Å²) in [6.07, 6.45) is 0. The Morgan fingerprint density at radius 1 is 0.750 bits per heavy atom. The fraction of sp³-hybridized carbons (Fsp3) is 0.455. The van der Waals surface area contributed by atoms with Crippen molar-refractivity contribution < 1.29 is 10.4 Å². The van der Waals surface area contributed by atoms with Crippen LogP contribution in [0, 0.1) is 0 Å². The molecule has 0 spiro atoms. The number of nitrogens with two attached hydrogens (primary N) is 1. The van der Waals surface area contributed by atoms with Gasteiger partial charge in [-0.05, 0) is 23.0 Å². The van der Waals surface area contributed by atoms with E-state index in [1.54, 1.807) is 0 Å². The van der Waals surface area contributed by atoms with Gasteiger partial charge in [-0.15, -0.1) is 0 Å². The van der Waals surface area contributed by atoms with Crippen molar-refractivity contribution in [2.24, 2.45) is 0 Å². The molecule has 2 rings (SSSR count). The highest BCUT2D eigenvalue weighted by atomic mass is 16.3. The van der Waals surface area contributed by atoms with Gasteiger partial charge in [0, 0.05) is 22.3 Å². The lowest BCUT2D eigenvalue weighted by atomic mass is 9.78. The van der Waals surface area contributed by atoms with Gasteiger partial charge in [0.2, 0.25) is 0 Å². The van der Waals surface area contributed by atoms with Gasteiger partial charge in [0.1, 0.15) is 18.8 Å². The van der Waals surface area contributed by atoms with Crippen LogP contribution in [0.3, 0.4) is 0 Å². The molecule has 0 aliphatic heterocycles. The minimum absolute atomic E-state index is 0.0699. The maximum absolute atomic E-state index is 10.8. The molecule has 0 aliphatic carbocycles. The summed E-state index contributed by atoms with van der Waals surface area (Å²) >= 11 is 0. The topological polar surface area (TPSA) is 36.8 Å². The second-order valence-corrected chi connectivity index (χ2v) is 8.72. The van der Waals surface area contributed by atoms with Gasteiger partial charge in [-0.1, -0.05) is 71.9 Å². The lowest BCUT2D eigenvalue weighted by Crippen LogP contribution is -2.80. The molecule has 24 heavy (non-hydrogen) atoms. The van der Waals surface area contributed by atoms with Gasteiger partial charge in [-0.25, -0.2) is 0 Å². The number of quaternary nitrogens is 1. The van der Waals surface area contributed by atoms with Crippen LogP contribution in [0.2, 0.25) is 0 Å². The minimum Gasteiger partial charge on any atom is -0.507 e. The minimum atomic E-state index is -0.0699. The number of phenols is 1. The van der Waals surface area contributed by atoms with Gasteiger partial charge in [0.05, 0.1) is 0 Å². The molecule has 2 heteroatoms. The predicted octanol–water partition coefficient (Wildman–Crippen LogP) is 4.25. The summed E-state index contributed by atoms with van der Waals surface area (Å²) in [5, 5.41) is 13.1. The highest BCUT2D eigenvalue weighted by Gasteiger charge is 2.26. The predicted molar refractivity (Wildman–Crippen MR) is 101 cm³/mol. The molecule has 0 fully saturated rings. The average Bonchev–Trinajstić information content (AvgIpc) is 2.47. The highest BCUT2D eigenvalue weighted by Crippen LogP contribution is 2.39. The van der Waals surface area contributed by atoms with Crippen LogP contribution in [-0.4, -0.2) is 5.11 Å². The van der Waals surface area contributed by atoms with Gasteiger partial charge in [0.25, 0.3) is 0 Å². The molecule has 0 saturated heterocycles. The summed E-state index contributed by atoms with van der Waals surface area (Å²) in [4.78, 5) is 0. The average molecular weight is 327 g/mol. The Bertz CT molecular complexity index is 640. The molecule has 0 aromatic heterocycles. The molecule has 0 bridgehead atoms. The van der Waals surface area contributed by atoms with Crippen LogP contribution in [0.15, 0.2) is 42.5 Å². The normalized spacial score (nSPS) is 12.4. The standard InChI is InChI=1S/C22H31NO/c1-21(2,3)18-12-17(13-19(20(18)24)22(4,5)6)15-23-14-16-10-8-7-9-11-16/h7-13,23-24H,14-15H2,1-6H3/p+1. The van der Waals surface area contributed by atoms with Gasteiger partial charge in [-0.3, -0.25) is 0 Å². The van der Waals surface area contributed by atoms with Crippen molar-refractivity contribution in [3.8, 4) is 5.75 Å². The molecule has 130 valence electrons.